The molecule has 0 unspecified atom stereocenters. The Hall–Kier alpha value is -2.42. The SMILES string of the molecule is Cc1ccccc1N=Nc1c(C(C)(C)C)[nH]c2ccccc12. The quantitative estimate of drug-likeness (QED) is 0.547. The van der Waals surface area contributed by atoms with E-state index < -0.39 is 0 Å². The van der Waals surface area contributed by atoms with Gasteiger partial charge >= 0.3 is 0 Å². The molecule has 2 aromatic carbocycles. The van der Waals surface area contributed by atoms with E-state index in [1.54, 1.807) is 0 Å². The fraction of sp³-hybridized carbons (Fsp3) is 0.263. The highest BCUT2D eigenvalue weighted by Gasteiger charge is 2.22. The highest BCUT2D eigenvalue weighted by atomic mass is 15.1. The molecule has 0 saturated heterocycles. The van der Waals surface area contributed by atoms with E-state index in [0.717, 1.165) is 33.5 Å². The molecule has 0 fully saturated rings. The average molecular weight is 291 g/mol. The lowest BCUT2D eigenvalue weighted by molar-refractivity contribution is 0.575. The van der Waals surface area contributed by atoms with Crippen LogP contribution in [0.5, 0.6) is 0 Å². The molecule has 3 nitrogen and oxygen atoms in total. The van der Waals surface area contributed by atoms with E-state index in [1.165, 1.54) is 0 Å². The van der Waals surface area contributed by atoms with Crippen LogP contribution < -0.4 is 0 Å². The van der Waals surface area contributed by atoms with Crippen molar-refractivity contribution in [2.45, 2.75) is 33.1 Å². The summed E-state index contributed by atoms with van der Waals surface area (Å²) < 4.78 is 0. The van der Waals surface area contributed by atoms with Crippen LogP contribution in [0.3, 0.4) is 0 Å². The van der Waals surface area contributed by atoms with Gasteiger partial charge in [-0.15, -0.1) is 5.11 Å². The second kappa shape index (κ2) is 5.41. The maximum atomic E-state index is 4.59. The van der Waals surface area contributed by atoms with Crippen molar-refractivity contribution in [3.8, 4) is 0 Å². The fourth-order valence-electron chi connectivity index (χ4n) is 2.55. The molecule has 0 amide bonds. The van der Waals surface area contributed by atoms with E-state index >= 15 is 0 Å². The number of aryl methyl sites for hydroxylation is 1. The highest BCUT2D eigenvalue weighted by Crippen LogP contribution is 2.38. The van der Waals surface area contributed by atoms with Gasteiger partial charge in [-0.05, 0) is 24.6 Å². The standard InChI is InChI=1S/C19H21N3/c1-13-9-5-7-11-15(13)21-22-17-14-10-6-8-12-16(14)20-18(17)19(2,3)4/h5-12,20H,1-4H3. The summed E-state index contributed by atoms with van der Waals surface area (Å²) in [5, 5.41) is 10.2. The second-order valence-electron chi connectivity index (χ2n) is 6.63. The maximum absolute atomic E-state index is 4.59. The van der Waals surface area contributed by atoms with Gasteiger partial charge in [-0.1, -0.05) is 57.2 Å². The van der Waals surface area contributed by atoms with Crippen LogP contribution in [0.4, 0.5) is 11.4 Å². The van der Waals surface area contributed by atoms with Crippen LogP contribution in [0.15, 0.2) is 58.8 Å². The number of para-hydroxylation sites is 1. The first-order chi connectivity index (χ1) is 10.5. The zero-order valence-electron chi connectivity index (χ0n) is 13.5. The Labute approximate surface area is 131 Å². The molecule has 1 aromatic heterocycles. The molecule has 0 aliphatic rings. The molecule has 0 aliphatic heterocycles. The molecule has 3 heteroatoms. The zero-order chi connectivity index (χ0) is 15.7. The normalized spacial score (nSPS) is 12.4. The van der Waals surface area contributed by atoms with E-state index in [0.29, 0.717) is 0 Å². The summed E-state index contributed by atoms with van der Waals surface area (Å²) in [5.74, 6) is 0. The number of hydrogen-bond acceptors (Lipinski definition) is 2. The highest BCUT2D eigenvalue weighted by molar-refractivity contribution is 5.93. The van der Waals surface area contributed by atoms with Crippen molar-refractivity contribution in [2.75, 3.05) is 0 Å². The van der Waals surface area contributed by atoms with Gasteiger partial charge in [-0.2, -0.15) is 5.11 Å². The first-order valence-electron chi connectivity index (χ1n) is 7.55. The Kier molecular flexibility index (Phi) is 3.57. The summed E-state index contributed by atoms with van der Waals surface area (Å²) in [6.45, 7) is 8.60. The van der Waals surface area contributed by atoms with Gasteiger partial charge in [-0.3, -0.25) is 0 Å². The number of azo groups is 1. The molecule has 112 valence electrons. The maximum Gasteiger partial charge on any atom is 0.115 e. The molecule has 0 bridgehead atoms. The molecular formula is C19H21N3. The van der Waals surface area contributed by atoms with Crippen molar-refractivity contribution in [1.82, 2.24) is 4.98 Å². The topological polar surface area (TPSA) is 40.5 Å². The third-order valence-electron chi connectivity index (χ3n) is 3.80. The Morgan fingerprint density at radius 2 is 1.55 bits per heavy atom. The molecule has 3 rings (SSSR count). The van der Waals surface area contributed by atoms with Crippen LogP contribution in [-0.2, 0) is 5.41 Å². The van der Waals surface area contributed by atoms with Crippen molar-refractivity contribution >= 4 is 22.3 Å². The zero-order valence-corrected chi connectivity index (χ0v) is 13.5. The van der Waals surface area contributed by atoms with E-state index in [1.807, 2.05) is 43.3 Å². The molecule has 3 aromatic rings. The van der Waals surface area contributed by atoms with Gasteiger partial charge in [0, 0.05) is 22.0 Å². The molecular weight excluding hydrogens is 270 g/mol. The number of aromatic nitrogens is 1. The molecule has 1 heterocycles. The summed E-state index contributed by atoms with van der Waals surface area (Å²) in [4.78, 5) is 3.50. The van der Waals surface area contributed by atoms with Crippen LogP contribution >= 0.6 is 0 Å². The minimum atomic E-state index is -0.0148. The van der Waals surface area contributed by atoms with Crippen LogP contribution in [-0.4, -0.2) is 4.98 Å². The van der Waals surface area contributed by atoms with Crippen molar-refractivity contribution in [1.29, 1.82) is 0 Å². The molecule has 22 heavy (non-hydrogen) atoms. The molecule has 0 radical (unpaired) electrons. The Morgan fingerprint density at radius 1 is 0.864 bits per heavy atom. The molecule has 0 saturated carbocycles. The van der Waals surface area contributed by atoms with E-state index in [9.17, 15) is 0 Å². The van der Waals surface area contributed by atoms with E-state index in [4.69, 9.17) is 0 Å². The second-order valence-corrected chi connectivity index (χ2v) is 6.63. The van der Waals surface area contributed by atoms with Crippen LogP contribution in [0, 0.1) is 6.92 Å². The fourth-order valence-corrected chi connectivity index (χ4v) is 2.55. The molecule has 0 spiro atoms. The summed E-state index contributed by atoms with van der Waals surface area (Å²) in [6.07, 6.45) is 0. The summed E-state index contributed by atoms with van der Waals surface area (Å²) in [5.41, 5.74) is 5.18. The number of nitrogens with zero attached hydrogens (tertiary/aromatic N) is 2. The Balaban J connectivity index is 2.15. The van der Waals surface area contributed by atoms with Gasteiger partial charge in [0.05, 0.1) is 5.69 Å². The van der Waals surface area contributed by atoms with Crippen LogP contribution in [0.1, 0.15) is 32.0 Å². The number of fused-ring (bicyclic) bond motifs is 1. The minimum absolute atomic E-state index is 0.0148. The summed E-state index contributed by atoms with van der Waals surface area (Å²) in [7, 11) is 0. The number of rotatable bonds is 2. The number of hydrogen-bond donors (Lipinski definition) is 1. The van der Waals surface area contributed by atoms with Crippen LogP contribution in [0.25, 0.3) is 10.9 Å². The van der Waals surface area contributed by atoms with Gasteiger partial charge in [0.2, 0.25) is 0 Å². The predicted octanol–water partition coefficient (Wildman–Crippen LogP) is 6.19. The average Bonchev–Trinajstić information content (AvgIpc) is 2.85. The lowest BCUT2D eigenvalue weighted by atomic mass is 9.91. The van der Waals surface area contributed by atoms with Crippen molar-refractivity contribution in [3.05, 3.63) is 59.8 Å². The Morgan fingerprint density at radius 3 is 2.27 bits per heavy atom. The van der Waals surface area contributed by atoms with Gasteiger partial charge < -0.3 is 4.98 Å². The van der Waals surface area contributed by atoms with Gasteiger partial charge in [0.25, 0.3) is 0 Å². The molecule has 0 aliphatic carbocycles. The Bertz CT molecular complexity index is 835. The van der Waals surface area contributed by atoms with Crippen molar-refractivity contribution < 1.29 is 0 Å². The lowest BCUT2D eigenvalue weighted by Gasteiger charge is -2.17. The third-order valence-corrected chi connectivity index (χ3v) is 3.80. The lowest BCUT2D eigenvalue weighted by Crippen LogP contribution is -2.11. The minimum Gasteiger partial charge on any atom is -0.356 e. The molecule has 0 atom stereocenters. The van der Waals surface area contributed by atoms with Gasteiger partial charge in [-0.25, -0.2) is 0 Å². The monoisotopic (exact) mass is 291 g/mol. The first-order valence-corrected chi connectivity index (χ1v) is 7.55. The molecule has 1 N–H and O–H groups in total. The number of H-pyrrole nitrogens is 1. The van der Waals surface area contributed by atoms with E-state index in [-0.39, 0.29) is 5.41 Å². The largest absolute Gasteiger partial charge is 0.356 e. The third kappa shape index (κ3) is 2.67. The number of benzene rings is 2. The van der Waals surface area contributed by atoms with E-state index in [2.05, 4.69) is 48.1 Å². The number of nitrogens with one attached hydrogen (secondary N) is 1. The van der Waals surface area contributed by atoms with Crippen LogP contribution in [0.2, 0.25) is 0 Å². The van der Waals surface area contributed by atoms with Gasteiger partial charge in [0.15, 0.2) is 0 Å². The van der Waals surface area contributed by atoms with Crippen molar-refractivity contribution in [3.63, 3.8) is 0 Å². The smallest absolute Gasteiger partial charge is 0.115 e. The van der Waals surface area contributed by atoms with Gasteiger partial charge in [0.1, 0.15) is 5.69 Å². The summed E-state index contributed by atoms with van der Waals surface area (Å²) in [6, 6.07) is 16.3. The summed E-state index contributed by atoms with van der Waals surface area (Å²) >= 11 is 0. The van der Waals surface area contributed by atoms with Crippen molar-refractivity contribution in [2.24, 2.45) is 10.2 Å². The number of aromatic amines is 1. The predicted molar refractivity (Wildman–Crippen MR) is 92.4 cm³/mol. The first kappa shape index (κ1) is 14.5.